The highest BCUT2D eigenvalue weighted by atomic mass is 16.2. The number of pyridine rings is 1. The number of rotatable bonds is 6. The molecule has 2 N–H and O–H groups in total. The predicted molar refractivity (Wildman–Crippen MR) is 117 cm³/mol. The molecule has 1 saturated carbocycles. The number of aliphatic imine (C=N–C) groups is 1. The third kappa shape index (κ3) is 4.91. The minimum atomic E-state index is 0.253. The summed E-state index contributed by atoms with van der Waals surface area (Å²) in [5, 5.41) is 15.4. The Hall–Kier alpha value is -2.64. The molecule has 1 atom stereocenters. The first-order valence-corrected chi connectivity index (χ1v) is 11.3. The molecule has 0 aromatic carbocycles. The molecule has 0 spiro atoms. The van der Waals surface area contributed by atoms with Crippen LogP contribution in [0.5, 0.6) is 0 Å². The summed E-state index contributed by atoms with van der Waals surface area (Å²) in [4.78, 5) is 19.2. The van der Waals surface area contributed by atoms with E-state index in [0.29, 0.717) is 5.91 Å². The highest BCUT2D eigenvalue weighted by Crippen LogP contribution is 2.26. The van der Waals surface area contributed by atoms with E-state index in [1.165, 1.54) is 19.3 Å². The van der Waals surface area contributed by atoms with Crippen molar-refractivity contribution in [2.45, 2.75) is 57.4 Å². The molecule has 8 heteroatoms. The van der Waals surface area contributed by atoms with Crippen LogP contribution in [-0.4, -0.2) is 64.1 Å². The molecule has 0 bridgehead atoms. The van der Waals surface area contributed by atoms with Crippen LogP contribution >= 0.6 is 0 Å². The third-order valence-corrected chi connectivity index (χ3v) is 6.27. The van der Waals surface area contributed by atoms with Gasteiger partial charge in [-0.25, -0.2) is 0 Å². The molecule has 0 radical (unpaired) electrons. The van der Waals surface area contributed by atoms with Crippen molar-refractivity contribution < 1.29 is 4.79 Å². The van der Waals surface area contributed by atoms with E-state index in [4.69, 9.17) is 0 Å². The van der Waals surface area contributed by atoms with Gasteiger partial charge in [0, 0.05) is 51.3 Å². The quantitative estimate of drug-likeness (QED) is 0.431. The van der Waals surface area contributed by atoms with Gasteiger partial charge in [-0.05, 0) is 37.8 Å². The lowest BCUT2D eigenvalue weighted by Crippen LogP contribution is -2.45. The molecule has 2 fully saturated rings. The molecular formula is C22H33N7O. The van der Waals surface area contributed by atoms with Crippen molar-refractivity contribution in [3.05, 3.63) is 30.2 Å². The standard InChI is InChI=1S/C22H33N7O/c1-23-22(24-13-7-11-20-27-26-19-10-5-6-14-29(19)20)25-18-12-15-28(16-18)21(30)17-8-3-2-4-9-17/h5-6,10,14,17-18H,2-4,7-9,11-13,15-16H2,1H3,(H2,23,24,25). The van der Waals surface area contributed by atoms with Crippen molar-refractivity contribution in [1.29, 1.82) is 0 Å². The fraction of sp³-hybridized carbons (Fsp3) is 0.636. The van der Waals surface area contributed by atoms with Crippen molar-refractivity contribution in [3.63, 3.8) is 0 Å². The summed E-state index contributed by atoms with van der Waals surface area (Å²) in [6.45, 7) is 2.44. The van der Waals surface area contributed by atoms with Gasteiger partial charge in [-0.15, -0.1) is 10.2 Å². The number of hydrogen-bond acceptors (Lipinski definition) is 4. The van der Waals surface area contributed by atoms with E-state index in [-0.39, 0.29) is 12.0 Å². The third-order valence-electron chi connectivity index (χ3n) is 6.27. The predicted octanol–water partition coefficient (Wildman–Crippen LogP) is 2.01. The maximum absolute atomic E-state index is 12.8. The highest BCUT2D eigenvalue weighted by Gasteiger charge is 2.31. The van der Waals surface area contributed by atoms with Gasteiger partial charge in [0.25, 0.3) is 0 Å². The lowest BCUT2D eigenvalue weighted by Gasteiger charge is -2.26. The maximum Gasteiger partial charge on any atom is 0.225 e. The van der Waals surface area contributed by atoms with Gasteiger partial charge in [0.05, 0.1) is 0 Å². The van der Waals surface area contributed by atoms with Crippen molar-refractivity contribution in [2.75, 3.05) is 26.7 Å². The van der Waals surface area contributed by atoms with Crippen LogP contribution in [0.3, 0.4) is 0 Å². The topological polar surface area (TPSA) is 86.9 Å². The van der Waals surface area contributed by atoms with Crippen LogP contribution < -0.4 is 10.6 Å². The first-order valence-electron chi connectivity index (χ1n) is 11.3. The number of carbonyl (C=O) groups is 1. The van der Waals surface area contributed by atoms with Crippen molar-refractivity contribution in [3.8, 4) is 0 Å². The summed E-state index contributed by atoms with van der Waals surface area (Å²) in [6, 6.07) is 6.19. The van der Waals surface area contributed by atoms with E-state index in [1.54, 1.807) is 7.05 Å². The Morgan fingerprint density at radius 1 is 1.20 bits per heavy atom. The van der Waals surface area contributed by atoms with Gasteiger partial charge in [-0.2, -0.15) is 0 Å². The second kappa shape index (κ2) is 9.91. The van der Waals surface area contributed by atoms with Crippen LogP contribution in [0.4, 0.5) is 0 Å². The Morgan fingerprint density at radius 2 is 2.07 bits per heavy atom. The molecule has 1 aliphatic carbocycles. The zero-order valence-corrected chi connectivity index (χ0v) is 17.9. The molecule has 2 aromatic rings. The van der Waals surface area contributed by atoms with Gasteiger partial charge in [0.1, 0.15) is 5.82 Å². The Bertz CT molecular complexity index is 871. The van der Waals surface area contributed by atoms with E-state index < -0.39 is 0 Å². The van der Waals surface area contributed by atoms with E-state index in [9.17, 15) is 4.79 Å². The lowest BCUT2D eigenvalue weighted by atomic mass is 9.88. The molecule has 3 heterocycles. The first kappa shape index (κ1) is 20.6. The van der Waals surface area contributed by atoms with Crippen LogP contribution in [0.25, 0.3) is 5.65 Å². The monoisotopic (exact) mass is 411 g/mol. The summed E-state index contributed by atoms with van der Waals surface area (Å²) < 4.78 is 2.03. The van der Waals surface area contributed by atoms with Gasteiger partial charge < -0.3 is 15.5 Å². The smallest absolute Gasteiger partial charge is 0.225 e. The van der Waals surface area contributed by atoms with Crippen molar-refractivity contribution in [2.24, 2.45) is 10.9 Å². The molecule has 1 saturated heterocycles. The van der Waals surface area contributed by atoms with Crippen molar-refractivity contribution in [1.82, 2.24) is 30.1 Å². The van der Waals surface area contributed by atoms with E-state index >= 15 is 0 Å². The number of likely N-dealkylation sites (tertiary alicyclic amines) is 1. The number of nitrogens with zero attached hydrogens (tertiary/aromatic N) is 5. The van der Waals surface area contributed by atoms with Gasteiger partial charge in [0.15, 0.2) is 11.6 Å². The molecule has 1 unspecified atom stereocenters. The molecule has 8 nitrogen and oxygen atoms in total. The number of aryl methyl sites for hydroxylation is 1. The van der Waals surface area contributed by atoms with Gasteiger partial charge in [0.2, 0.25) is 5.91 Å². The molecule has 1 aliphatic heterocycles. The van der Waals surface area contributed by atoms with Crippen LogP contribution in [0.2, 0.25) is 0 Å². The van der Waals surface area contributed by atoms with Gasteiger partial charge in [-0.1, -0.05) is 25.3 Å². The van der Waals surface area contributed by atoms with Crippen LogP contribution in [0, 0.1) is 5.92 Å². The molecule has 30 heavy (non-hydrogen) atoms. The SMILES string of the molecule is CN=C(NCCCc1nnc2ccccn12)NC1CCN(C(=O)C2CCCCC2)C1. The number of aromatic nitrogens is 3. The second-order valence-electron chi connectivity index (χ2n) is 8.40. The van der Waals surface area contributed by atoms with Gasteiger partial charge >= 0.3 is 0 Å². The highest BCUT2D eigenvalue weighted by molar-refractivity contribution is 5.81. The zero-order valence-electron chi connectivity index (χ0n) is 17.9. The molecule has 4 rings (SSSR count). The summed E-state index contributed by atoms with van der Waals surface area (Å²) in [7, 11) is 1.79. The largest absolute Gasteiger partial charge is 0.356 e. The van der Waals surface area contributed by atoms with E-state index in [2.05, 4.69) is 30.7 Å². The van der Waals surface area contributed by atoms with Crippen LogP contribution in [0.15, 0.2) is 29.4 Å². The molecule has 2 aromatic heterocycles. The number of fused-ring (bicyclic) bond motifs is 1. The Labute approximate surface area is 178 Å². The van der Waals surface area contributed by atoms with E-state index in [0.717, 1.165) is 69.2 Å². The number of nitrogens with one attached hydrogen (secondary N) is 2. The van der Waals surface area contributed by atoms with Crippen molar-refractivity contribution >= 4 is 17.5 Å². The Morgan fingerprint density at radius 3 is 2.90 bits per heavy atom. The van der Waals surface area contributed by atoms with Crippen LogP contribution in [-0.2, 0) is 11.2 Å². The number of amides is 1. The minimum Gasteiger partial charge on any atom is -0.356 e. The fourth-order valence-corrected chi connectivity index (χ4v) is 4.59. The Balaban J connectivity index is 1.19. The summed E-state index contributed by atoms with van der Waals surface area (Å²) in [5.74, 6) is 2.40. The zero-order chi connectivity index (χ0) is 20.8. The summed E-state index contributed by atoms with van der Waals surface area (Å²) in [5.41, 5.74) is 0.881. The fourth-order valence-electron chi connectivity index (χ4n) is 4.59. The summed E-state index contributed by atoms with van der Waals surface area (Å²) >= 11 is 0. The molecular weight excluding hydrogens is 378 g/mol. The normalized spacial score (nSPS) is 20.6. The number of carbonyl (C=O) groups excluding carboxylic acids is 1. The average Bonchev–Trinajstić information content (AvgIpc) is 3.43. The maximum atomic E-state index is 12.8. The second-order valence-corrected chi connectivity index (χ2v) is 8.40. The first-order chi connectivity index (χ1) is 14.7. The van der Waals surface area contributed by atoms with E-state index in [1.807, 2.05) is 28.8 Å². The average molecular weight is 412 g/mol. The molecule has 162 valence electrons. The molecule has 1 amide bonds. The number of guanidine groups is 1. The minimum absolute atomic E-state index is 0.253. The summed E-state index contributed by atoms with van der Waals surface area (Å²) in [6.07, 6.45) is 10.6. The number of hydrogen-bond donors (Lipinski definition) is 2. The Kier molecular flexibility index (Phi) is 6.81. The van der Waals surface area contributed by atoms with Crippen LogP contribution in [0.1, 0.15) is 50.8 Å². The molecule has 2 aliphatic rings. The van der Waals surface area contributed by atoms with Gasteiger partial charge in [-0.3, -0.25) is 14.2 Å². The lowest BCUT2D eigenvalue weighted by molar-refractivity contribution is -0.135.